The molecule has 0 saturated heterocycles. The standard InChI is InChI=1S/C18H20ClN3O/c1-2-22(17-6-4-3-5-16(17)19)13-14-7-9-15(10-8-14)21-18-20-11-12-23-18/h3-10H,2,11-13H2,1H3,(H,20,21). The van der Waals surface area contributed by atoms with E-state index in [1.54, 1.807) is 0 Å². The number of benzene rings is 2. The van der Waals surface area contributed by atoms with Gasteiger partial charge in [0.15, 0.2) is 0 Å². The molecule has 2 aromatic rings. The van der Waals surface area contributed by atoms with Crippen molar-refractivity contribution < 1.29 is 4.74 Å². The lowest BCUT2D eigenvalue weighted by Gasteiger charge is -2.24. The van der Waals surface area contributed by atoms with E-state index in [4.69, 9.17) is 16.3 Å². The van der Waals surface area contributed by atoms with Crippen molar-refractivity contribution in [3.8, 4) is 0 Å². The van der Waals surface area contributed by atoms with Gasteiger partial charge in [-0.05, 0) is 36.8 Å². The molecule has 0 atom stereocenters. The zero-order valence-corrected chi connectivity index (χ0v) is 13.9. The van der Waals surface area contributed by atoms with E-state index in [0.717, 1.165) is 36.0 Å². The Kier molecular flexibility index (Phi) is 5.03. The Bertz CT molecular complexity index is 685. The van der Waals surface area contributed by atoms with E-state index >= 15 is 0 Å². The Hall–Kier alpha value is -2.20. The van der Waals surface area contributed by atoms with E-state index in [9.17, 15) is 0 Å². The SMILES string of the molecule is CCN(Cc1ccc(NC2=NCCO2)cc1)c1ccccc1Cl. The molecule has 0 spiro atoms. The van der Waals surface area contributed by atoms with Gasteiger partial charge >= 0.3 is 0 Å². The molecule has 0 saturated carbocycles. The number of hydrogen-bond donors (Lipinski definition) is 1. The van der Waals surface area contributed by atoms with E-state index in [1.807, 2.05) is 30.3 Å². The Morgan fingerprint density at radius 2 is 1.96 bits per heavy atom. The molecule has 3 rings (SSSR count). The fourth-order valence-corrected chi connectivity index (χ4v) is 2.78. The fraction of sp³-hybridized carbons (Fsp3) is 0.278. The summed E-state index contributed by atoms with van der Waals surface area (Å²) in [6, 6.07) is 16.8. The van der Waals surface area contributed by atoms with Crippen LogP contribution in [-0.4, -0.2) is 25.7 Å². The molecule has 23 heavy (non-hydrogen) atoms. The Morgan fingerprint density at radius 1 is 1.17 bits per heavy atom. The van der Waals surface area contributed by atoms with Crippen molar-refractivity contribution in [2.24, 2.45) is 4.99 Å². The second-order valence-corrected chi connectivity index (χ2v) is 5.73. The van der Waals surface area contributed by atoms with Crippen molar-refractivity contribution in [1.82, 2.24) is 0 Å². The van der Waals surface area contributed by atoms with Crippen molar-refractivity contribution in [3.63, 3.8) is 0 Å². The molecule has 0 unspecified atom stereocenters. The average Bonchev–Trinajstić information content (AvgIpc) is 3.08. The molecule has 0 fully saturated rings. The first kappa shape index (κ1) is 15.7. The smallest absolute Gasteiger partial charge is 0.289 e. The van der Waals surface area contributed by atoms with Crippen LogP contribution in [0.1, 0.15) is 12.5 Å². The average molecular weight is 330 g/mol. The summed E-state index contributed by atoms with van der Waals surface area (Å²) in [5.74, 6) is 0. The second-order valence-electron chi connectivity index (χ2n) is 5.32. The normalized spacial score (nSPS) is 13.4. The lowest BCUT2D eigenvalue weighted by molar-refractivity contribution is 0.346. The maximum Gasteiger partial charge on any atom is 0.289 e. The van der Waals surface area contributed by atoms with Crippen LogP contribution in [0, 0.1) is 0 Å². The summed E-state index contributed by atoms with van der Waals surface area (Å²) in [4.78, 5) is 6.48. The molecule has 120 valence electrons. The van der Waals surface area contributed by atoms with Crippen molar-refractivity contribution in [1.29, 1.82) is 0 Å². The fourth-order valence-electron chi connectivity index (χ4n) is 2.52. The van der Waals surface area contributed by atoms with E-state index in [2.05, 4.69) is 40.3 Å². The largest absolute Gasteiger partial charge is 0.463 e. The molecule has 1 aliphatic heterocycles. The minimum atomic E-state index is 0.601. The van der Waals surface area contributed by atoms with Gasteiger partial charge in [-0.1, -0.05) is 35.9 Å². The van der Waals surface area contributed by atoms with Crippen LogP contribution < -0.4 is 10.2 Å². The molecule has 1 heterocycles. The number of nitrogens with one attached hydrogen (secondary N) is 1. The highest BCUT2D eigenvalue weighted by atomic mass is 35.5. The van der Waals surface area contributed by atoms with Crippen LogP contribution in [0.3, 0.4) is 0 Å². The van der Waals surface area contributed by atoms with Gasteiger partial charge in [0.1, 0.15) is 6.61 Å². The third-order valence-electron chi connectivity index (χ3n) is 3.74. The second kappa shape index (κ2) is 7.38. The number of halogens is 1. The van der Waals surface area contributed by atoms with Gasteiger partial charge in [-0.25, -0.2) is 4.99 Å². The third-order valence-corrected chi connectivity index (χ3v) is 4.06. The molecule has 1 aliphatic rings. The summed E-state index contributed by atoms with van der Waals surface area (Å²) < 4.78 is 5.36. The number of amidine groups is 1. The summed E-state index contributed by atoms with van der Waals surface area (Å²) >= 11 is 6.31. The number of anilines is 2. The van der Waals surface area contributed by atoms with Gasteiger partial charge in [0.25, 0.3) is 6.02 Å². The van der Waals surface area contributed by atoms with Crippen LogP contribution in [0.5, 0.6) is 0 Å². The van der Waals surface area contributed by atoms with Gasteiger partial charge in [-0.15, -0.1) is 0 Å². The van der Waals surface area contributed by atoms with E-state index < -0.39 is 0 Å². The molecule has 0 bridgehead atoms. The molecule has 4 nitrogen and oxygen atoms in total. The maximum absolute atomic E-state index is 6.31. The minimum Gasteiger partial charge on any atom is -0.463 e. The molecular formula is C18H20ClN3O. The monoisotopic (exact) mass is 329 g/mol. The number of hydrogen-bond acceptors (Lipinski definition) is 4. The summed E-state index contributed by atoms with van der Waals surface area (Å²) in [6.07, 6.45) is 0. The van der Waals surface area contributed by atoms with Crippen LogP contribution >= 0.6 is 11.6 Å². The molecule has 5 heteroatoms. The van der Waals surface area contributed by atoms with Crippen molar-refractivity contribution >= 4 is 29.0 Å². The van der Waals surface area contributed by atoms with Gasteiger partial charge in [0.2, 0.25) is 0 Å². The Morgan fingerprint density at radius 3 is 2.61 bits per heavy atom. The summed E-state index contributed by atoms with van der Waals surface area (Å²) in [7, 11) is 0. The first-order valence-electron chi connectivity index (χ1n) is 7.79. The highest BCUT2D eigenvalue weighted by molar-refractivity contribution is 6.33. The quantitative estimate of drug-likeness (QED) is 0.894. The maximum atomic E-state index is 6.31. The van der Waals surface area contributed by atoms with Gasteiger partial charge in [-0.2, -0.15) is 0 Å². The zero-order chi connectivity index (χ0) is 16.1. The zero-order valence-electron chi connectivity index (χ0n) is 13.1. The lowest BCUT2D eigenvalue weighted by atomic mass is 10.1. The van der Waals surface area contributed by atoms with Gasteiger partial charge in [0.05, 0.1) is 17.3 Å². The molecule has 2 aromatic carbocycles. The van der Waals surface area contributed by atoms with Gasteiger partial charge in [0, 0.05) is 18.8 Å². The first-order chi connectivity index (χ1) is 11.3. The van der Waals surface area contributed by atoms with Gasteiger partial charge < -0.3 is 15.0 Å². The van der Waals surface area contributed by atoms with Crippen molar-refractivity contribution in [3.05, 3.63) is 59.1 Å². The molecular weight excluding hydrogens is 310 g/mol. The van der Waals surface area contributed by atoms with E-state index in [1.165, 1.54) is 5.56 Å². The summed E-state index contributed by atoms with van der Waals surface area (Å²) in [5.41, 5.74) is 3.27. The lowest BCUT2D eigenvalue weighted by Crippen LogP contribution is -2.22. The topological polar surface area (TPSA) is 36.9 Å². The van der Waals surface area contributed by atoms with Crippen LogP contribution in [0.4, 0.5) is 11.4 Å². The highest BCUT2D eigenvalue weighted by Gasteiger charge is 2.10. The minimum absolute atomic E-state index is 0.601. The molecule has 0 amide bonds. The molecule has 1 N–H and O–H groups in total. The van der Waals surface area contributed by atoms with Crippen LogP contribution in [0.15, 0.2) is 53.5 Å². The van der Waals surface area contributed by atoms with Crippen LogP contribution in [0.25, 0.3) is 0 Å². The van der Waals surface area contributed by atoms with Crippen molar-refractivity contribution in [2.75, 3.05) is 29.9 Å². The molecule has 0 radical (unpaired) electrons. The summed E-state index contributed by atoms with van der Waals surface area (Å²) in [6.45, 7) is 5.23. The summed E-state index contributed by atoms with van der Waals surface area (Å²) in [5, 5.41) is 3.95. The molecule has 0 aromatic heterocycles. The number of aliphatic imine (C=N–C) groups is 1. The Labute approximate surface area is 141 Å². The number of nitrogens with zero attached hydrogens (tertiary/aromatic N) is 2. The predicted molar refractivity (Wildman–Crippen MR) is 96.5 cm³/mol. The number of para-hydroxylation sites is 1. The number of rotatable bonds is 5. The predicted octanol–water partition coefficient (Wildman–Crippen LogP) is 4.16. The van der Waals surface area contributed by atoms with Crippen LogP contribution in [-0.2, 0) is 11.3 Å². The van der Waals surface area contributed by atoms with E-state index in [0.29, 0.717) is 12.6 Å². The number of ether oxygens (including phenoxy) is 1. The van der Waals surface area contributed by atoms with E-state index in [-0.39, 0.29) is 0 Å². The van der Waals surface area contributed by atoms with Gasteiger partial charge in [-0.3, -0.25) is 0 Å². The van der Waals surface area contributed by atoms with Crippen molar-refractivity contribution in [2.45, 2.75) is 13.5 Å². The molecule has 0 aliphatic carbocycles. The third kappa shape index (κ3) is 3.96. The Balaban J connectivity index is 1.68. The van der Waals surface area contributed by atoms with Crippen LogP contribution in [0.2, 0.25) is 5.02 Å². The highest BCUT2D eigenvalue weighted by Crippen LogP contribution is 2.26. The first-order valence-corrected chi connectivity index (χ1v) is 8.17.